The van der Waals surface area contributed by atoms with Crippen molar-refractivity contribution in [3.05, 3.63) is 47.8 Å². The molecule has 0 aromatic heterocycles. The number of hydrogen-bond donors (Lipinski definition) is 3. The number of cyclic esters (lactones) is 1. The third kappa shape index (κ3) is 8.88. The minimum atomic E-state index is -0.552. The fourth-order valence-electron chi connectivity index (χ4n) is 3.39. The molecule has 2 rings (SSSR count). The number of carbonyl (C=O) groups excluding carboxylic acids is 3. The van der Waals surface area contributed by atoms with Crippen LogP contribution in [0.1, 0.15) is 38.2 Å². The predicted octanol–water partition coefficient (Wildman–Crippen LogP) is 1.89. The van der Waals surface area contributed by atoms with E-state index in [-0.39, 0.29) is 55.7 Å². The topological polar surface area (TPSA) is 105 Å². The average Bonchev–Trinajstić information content (AvgIpc) is 2.75. The second-order valence-corrected chi connectivity index (χ2v) is 7.83. The molecule has 0 saturated heterocycles. The van der Waals surface area contributed by atoms with Crippen LogP contribution in [0.15, 0.2) is 36.4 Å². The van der Waals surface area contributed by atoms with Crippen LogP contribution in [-0.2, 0) is 25.5 Å². The molecule has 1 aliphatic rings. The lowest BCUT2D eigenvalue weighted by molar-refractivity contribution is -0.150. The summed E-state index contributed by atoms with van der Waals surface area (Å²) in [5, 5.41) is 14.2. The molecular formula is C23H31FN2O5. The van der Waals surface area contributed by atoms with Crippen molar-refractivity contribution >= 4 is 17.8 Å². The van der Waals surface area contributed by atoms with E-state index in [4.69, 9.17) is 9.84 Å². The van der Waals surface area contributed by atoms with Gasteiger partial charge in [-0.15, -0.1) is 0 Å². The Morgan fingerprint density at radius 2 is 1.97 bits per heavy atom. The van der Waals surface area contributed by atoms with Crippen molar-refractivity contribution in [2.24, 2.45) is 11.8 Å². The Kier molecular flexibility index (Phi) is 10.2. The molecule has 0 fully saturated rings. The van der Waals surface area contributed by atoms with E-state index in [9.17, 15) is 18.8 Å². The van der Waals surface area contributed by atoms with E-state index in [1.807, 2.05) is 12.2 Å². The zero-order chi connectivity index (χ0) is 22.6. The molecule has 0 bridgehead atoms. The van der Waals surface area contributed by atoms with Crippen LogP contribution in [0.4, 0.5) is 4.39 Å². The standard InChI is InChI=1S/C23H31FN2O5/c1-16-15-31-23(30)19(13-17-7-9-20(24)10-8-17)6-4-2-3-5-18(22(29)26-16)14-21(28)25-11-12-27/h2-3,7-10,16,18-19,27H,4-6,11-15H2,1H3,(H,25,28)(H,26,29)/b3-2-/t16-,18+,19+/m1/s1. The van der Waals surface area contributed by atoms with Crippen LogP contribution in [0.2, 0.25) is 0 Å². The Labute approximate surface area is 182 Å². The number of aliphatic hydroxyl groups is 1. The van der Waals surface area contributed by atoms with Crippen LogP contribution < -0.4 is 10.6 Å². The molecule has 0 saturated carbocycles. The van der Waals surface area contributed by atoms with E-state index in [1.54, 1.807) is 19.1 Å². The van der Waals surface area contributed by atoms with Gasteiger partial charge in [-0.1, -0.05) is 24.3 Å². The van der Waals surface area contributed by atoms with E-state index < -0.39 is 12.0 Å². The highest BCUT2D eigenvalue weighted by Gasteiger charge is 2.25. The molecule has 0 unspecified atom stereocenters. The monoisotopic (exact) mass is 434 g/mol. The summed E-state index contributed by atoms with van der Waals surface area (Å²) >= 11 is 0. The Hall–Kier alpha value is -2.74. The summed E-state index contributed by atoms with van der Waals surface area (Å²) in [6.45, 7) is 1.74. The van der Waals surface area contributed by atoms with Gasteiger partial charge < -0.3 is 20.5 Å². The fourth-order valence-corrected chi connectivity index (χ4v) is 3.39. The number of nitrogens with one attached hydrogen (secondary N) is 2. The Morgan fingerprint density at radius 3 is 2.68 bits per heavy atom. The van der Waals surface area contributed by atoms with Gasteiger partial charge in [0, 0.05) is 13.0 Å². The molecule has 1 aliphatic heterocycles. The summed E-state index contributed by atoms with van der Waals surface area (Å²) in [7, 11) is 0. The second-order valence-electron chi connectivity index (χ2n) is 7.83. The summed E-state index contributed by atoms with van der Waals surface area (Å²) < 4.78 is 18.6. The van der Waals surface area contributed by atoms with E-state index in [0.29, 0.717) is 25.7 Å². The third-order valence-corrected chi connectivity index (χ3v) is 5.10. The fraction of sp³-hybridized carbons (Fsp3) is 0.522. The van der Waals surface area contributed by atoms with Crippen LogP contribution in [-0.4, -0.2) is 48.7 Å². The maximum Gasteiger partial charge on any atom is 0.309 e. The Morgan fingerprint density at radius 1 is 1.23 bits per heavy atom. The van der Waals surface area contributed by atoms with Crippen molar-refractivity contribution in [1.82, 2.24) is 10.6 Å². The smallest absolute Gasteiger partial charge is 0.309 e. The number of amides is 2. The minimum absolute atomic E-state index is 0.00979. The summed E-state index contributed by atoms with van der Waals surface area (Å²) in [5.41, 5.74) is 0.854. The number of esters is 1. The molecule has 170 valence electrons. The van der Waals surface area contributed by atoms with Crippen LogP contribution in [0.5, 0.6) is 0 Å². The number of benzene rings is 1. The van der Waals surface area contributed by atoms with Gasteiger partial charge >= 0.3 is 5.97 Å². The molecule has 0 spiro atoms. The van der Waals surface area contributed by atoms with Gasteiger partial charge in [0.15, 0.2) is 0 Å². The van der Waals surface area contributed by atoms with Crippen LogP contribution in [0, 0.1) is 17.7 Å². The van der Waals surface area contributed by atoms with Crippen molar-refractivity contribution in [3.8, 4) is 0 Å². The molecule has 2 amide bonds. The summed E-state index contributed by atoms with van der Waals surface area (Å²) in [5.74, 6) is -2.19. The van der Waals surface area contributed by atoms with Crippen molar-refractivity contribution in [3.63, 3.8) is 0 Å². The molecule has 0 radical (unpaired) electrons. The van der Waals surface area contributed by atoms with E-state index >= 15 is 0 Å². The van der Waals surface area contributed by atoms with Crippen molar-refractivity contribution in [2.45, 2.75) is 45.1 Å². The molecule has 0 aliphatic carbocycles. The number of aliphatic hydroxyl groups excluding tert-OH is 1. The second kappa shape index (κ2) is 12.8. The summed E-state index contributed by atoms with van der Waals surface area (Å²) in [4.78, 5) is 37.2. The van der Waals surface area contributed by atoms with Crippen molar-refractivity contribution in [1.29, 1.82) is 0 Å². The third-order valence-electron chi connectivity index (χ3n) is 5.10. The van der Waals surface area contributed by atoms with Gasteiger partial charge in [-0.05, 0) is 50.3 Å². The number of hydrogen-bond acceptors (Lipinski definition) is 5. The molecule has 1 aromatic rings. The maximum absolute atomic E-state index is 13.2. The number of ether oxygens (including phenoxy) is 1. The first-order valence-corrected chi connectivity index (χ1v) is 10.6. The van der Waals surface area contributed by atoms with E-state index in [1.165, 1.54) is 12.1 Å². The SMILES string of the molecule is C[C@@H]1COC(=O)[C@H](Cc2ccc(F)cc2)CC/C=C\C[C@@H](CC(=O)NCCO)C(=O)N1. The molecule has 1 aromatic carbocycles. The Balaban J connectivity index is 2.05. The first-order chi connectivity index (χ1) is 14.9. The highest BCUT2D eigenvalue weighted by atomic mass is 19.1. The van der Waals surface area contributed by atoms with Gasteiger partial charge in [0.05, 0.1) is 24.5 Å². The summed E-state index contributed by atoms with van der Waals surface area (Å²) in [6, 6.07) is 5.66. The number of rotatable bonds is 6. The number of carbonyl (C=O) groups is 3. The lowest BCUT2D eigenvalue weighted by Gasteiger charge is -2.20. The first kappa shape index (κ1) is 24.5. The Bertz CT molecular complexity index is 766. The quantitative estimate of drug-likeness (QED) is 0.469. The van der Waals surface area contributed by atoms with Gasteiger partial charge in [-0.2, -0.15) is 0 Å². The average molecular weight is 435 g/mol. The van der Waals surface area contributed by atoms with Crippen molar-refractivity contribution < 1.29 is 28.6 Å². The molecule has 31 heavy (non-hydrogen) atoms. The zero-order valence-corrected chi connectivity index (χ0v) is 17.8. The highest BCUT2D eigenvalue weighted by Crippen LogP contribution is 2.19. The van der Waals surface area contributed by atoms with Crippen LogP contribution in [0.25, 0.3) is 0 Å². The van der Waals surface area contributed by atoms with Gasteiger partial charge in [0.1, 0.15) is 12.4 Å². The van der Waals surface area contributed by atoms with Crippen molar-refractivity contribution in [2.75, 3.05) is 19.8 Å². The number of halogens is 1. The van der Waals surface area contributed by atoms with Crippen LogP contribution >= 0.6 is 0 Å². The molecular weight excluding hydrogens is 403 g/mol. The maximum atomic E-state index is 13.2. The highest BCUT2D eigenvalue weighted by molar-refractivity contribution is 5.86. The molecule has 3 N–H and O–H groups in total. The van der Waals surface area contributed by atoms with Gasteiger partial charge in [0.25, 0.3) is 0 Å². The van der Waals surface area contributed by atoms with Crippen LogP contribution in [0.3, 0.4) is 0 Å². The minimum Gasteiger partial charge on any atom is -0.463 e. The predicted molar refractivity (Wildman–Crippen MR) is 113 cm³/mol. The molecule has 8 heteroatoms. The van der Waals surface area contributed by atoms with E-state index in [0.717, 1.165) is 5.56 Å². The largest absolute Gasteiger partial charge is 0.463 e. The van der Waals surface area contributed by atoms with Gasteiger partial charge in [-0.3, -0.25) is 14.4 Å². The molecule has 7 nitrogen and oxygen atoms in total. The zero-order valence-electron chi connectivity index (χ0n) is 17.8. The lowest BCUT2D eigenvalue weighted by Crippen LogP contribution is -2.42. The lowest BCUT2D eigenvalue weighted by atomic mass is 9.94. The molecule has 1 heterocycles. The summed E-state index contributed by atoms with van der Waals surface area (Å²) in [6.07, 6.45) is 5.77. The first-order valence-electron chi connectivity index (χ1n) is 10.6. The van der Waals surface area contributed by atoms with Gasteiger partial charge in [-0.25, -0.2) is 4.39 Å². The normalized spacial score (nSPS) is 24.0. The molecule has 3 atom stereocenters. The van der Waals surface area contributed by atoms with Gasteiger partial charge in [0.2, 0.25) is 11.8 Å². The number of allylic oxidation sites excluding steroid dienone is 2. The van der Waals surface area contributed by atoms with E-state index in [2.05, 4.69) is 10.6 Å².